The van der Waals surface area contributed by atoms with Crippen molar-refractivity contribution in [1.29, 1.82) is 0 Å². The van der Waals surface area contributed by atoms with Crippen LogP contribution in [0.5, 0.6) is 0 Å². The Morgan fingerprint density at radius 1 is 1.32 bits per heavy atom. The van der Waals surface area contributed by atoms with Crippen LogP contribution in [-0.4, -0.2) is 42.6 Å². The number of carbonyl (C=O) groups is 1. The van der Waals surface area contributed by atoms with E-state index in [4.69, 9.17) is 10.5 Å². The molecule has 0 aromatic carbocycles. The summed E-state index contributed by atoms with van der Waals surface area (Å²) in [5, 5.41) is 0. The number of nitrogens with zero attached hydrogens (tertiary/aromatic N) is 1. The van der Waals surface area contributed by atoms with E-state index >= 15 is 0 Å². The van der Waals surface area contributed by atoms with Gasteiger partial charge in [-0.15, -0.1) is 0 Å². The van der Waals surface area contributed by atoms with Gasteiger partial charge in [0.15, 0.2) is 0 Å². The molecular weight excluding hydrogens is 240 g/mol. The first kappa shape index (κ1) is 14.8. The molecule has 0 radical (unpaired) electrons. The number of amides is 1. The summed E-state index contributed by atoms with van der Waals surface area (Å²) < 4.78 is 5.80. The highest BCUT2D eigenvalue weighted by atomic mass is 16.5. The van der Waals surface area contributed by atoms with Crippen LogP contribution in [0.1, 0.15) is 51.9 Å². The van der Waals surface area contributed by atoms with E-state index in [-0.39, 0.29) is 18.1 Å². The standard InChI is InChI=1S/C15H28N2O2/c1-2-9-19-14-7-4-8-17(11-14)15(18)12-5-3-6-13(16)10-12/h12-14H,2-11,16H2,1H3. The quantitative estimate of drug-likeness (QED) is 0.847. The Bertz CT molecular complexity index is 296. The van der Waals surface area contributed by atoms with Gasteiger partial charge in [-0.3, -0.25) is 4.79 Å². The average molecular weight is 268 g/mol. The number of hydrogen-bond donors (Lipinski definition) is 1. The Morgan fingerprint density at radius 3 is 2.89 bits per heavy atom. The second kappa shape index (κ2) is 7.25. The van der Waals surface area contributed by atoms with Crippen molar-refractivity contribution in [3.8, 4) is 0 Å². The van der Waals surface area contributed by atoms with E-state index in [0.29, 0.717) is 5.91 Å². The first-order chi connectivity index (χ1) is 9.20. The van der Waals surface area contributed by atoms with Gasteiger partial charge in [-0.25, -0.2) is 0 Å². The summed E-state index contributed by atoms with van der Waals surface area (Å²) in [4.78, 5) is 14.6. The van der Waals surface area contributed by atoms with Gasteiger partial charge < -0.3 is 15.4 Å². The molecule has 1 heterocycles. The zero-order valence-corrected chi connectivity index (χ0v) is 12.1. The molecule has 1 aliphatic heterocycles. The lowest BCUT2D eigenvalue weighted by Crippen LogP contribution is -2.47. The van der Waals surface area contributed by atoms with Crippen molar-refractivity contribution in [2.24, 2.45) is 11.7 Å². The predicted octanol–water partition coefficient (Wildman–Crippen LogP) is 1.92. The van der Waals surface area contributed by atoms with Crippen LogP contribution < -0.4 is 5.73 Å². The average Bonchev–Trinajstić information content (AvgIpc) is 2.44. The number of hydrogen-bond acceptors (Lipinski definition) is 3. The SMILES string of the molecule is CCCOC1CCCN(C(=O)C2CCCC(N)C2)C1. The summed E-state index contributed by atoms with van der Waals surface area (Å²) in [7, 11) is 0. The van der Waals surface area contributed by atoms with Gasteiger partial charge in [0.25, 0.3) is 0 Å². The maximum atomic E-state index is 12.5. The van der Waals surface area contributed by atoms with Gasteiger partial charge in [0, 0.05) is 31.7 Å². The molecule has 1 saturated carbocycles. The molecule has 1 aliphatic carbocycles. The Labute approximate surface area is 116 Å². The Morgan fingerprint density at radius 2 is 2.16 bits per heavy atom. The predicted molar refractivity (Wildman–Crippen MR) is 75.8 cm³/mol. The second-order valence-electron chi connectivity index (χ2n) is 6.04. The third-order valence-corrected chi connectivity index (χ3v) is 4.31. The van der Waals surface area contributed by atoms with Crippen LogP contribution in [0, 0.1) is 5.92 Å². The molecule has 4 nitrogen and oxygen atoms in total. The summed E-state index contributed by atoms with van der Waals surface area (Å²) in [6, 6.07) is 0.222. The first-order valence-corrected chi connectivity index (χ1v) is 7.86. The first-order valence-electron chi connectivity index (χ1n) is 7.86. The Hall–Kier alpha value is -0.610. The zero-order valence-electron chi connectivity index (χ0n) is 12.1. The summed E-state index contributed by atoms with van der Waals surface area (Å²) in [6.07, 6.45) is 7.51. The number of piperidine rings is 1. The monoisotopic (exact) mass is 268 g/mol. The van der Waals surface area contributed by atoms with Crippen LogP contribution in [0.25, 0.3) is 0 Å². The van der Waals surface area contributed by atoms with Gasteiger partial charge in [-0.05, 0) is 38.5 Å². The molecule has 19 heavy (non-hydrogen) atoms. The van der Waals surface area contributed by atoms with Crippen LogP contribution in [0.15, 0.2) is 0 Å². The lowest BCUT2D eigenvalue weighted by Gasteiger charge is -2.36. The molecule has 0 aromatic heterocycles. The Balaban J connectivity index is 1.84. The van der Waals surface area contributed by atoms with Gasteiger partial charge >= 0.3 is 0 Å². The van der Waals surface area contributed by atoms with Crippen LogP contribution >= 0.6 is 0 Å². The van der Waals surface area contributed by atoms with Gasteiger partial charge in [0.1, 0.15) is 0 Å². The number of nitrogens with two attached hydrogens (primary N) is 1. The summed E-state index contributed by atoms with van der Waals surface area (Å²) in [5.74, 6) is 0.480. The minimum atomic E-state index is 0.161. The number of ether oxygens (including phenoxy) is 1. The van der Waals surface area contributed by atoms with Crippen LogP contribution in [-0.2, 0) is 9.53 Å². The topological polar surface area (TPSA) is 55.6 Å². The lowest BCUT2D eigenvalue weighted by molar-refractivity contribution is -0.140. The second-order valence-corrected chi connectivity index (χ2v) is 6.04. The van der Waals surface area contributed by atoms with Crippen molar-refractivity contribution < 1.29 is 9.53 Å². The summed E-state index contributed by atoms with van der Waals surface area (Å²) in [6.45, 7) is 4.61. The van der Waals surface area contributed by atoms with Gasteiger partial charge in [0.05, 0.1) is 6.10 Å². The maximum absolute atomic E-state index is 12.5. The molecule has 1 saturated heterocycles. The summed E-state index contributed by atoms with van der Waals surface area (Å²) in [5.41, 5.74) is 5.99. The van der Waals surface area contributed by atoms with Crippen LogP contribution in [0.3, 0.4) is 0 Å². The molecular formula is C15H28N2O2. The Kier molecular flexibility index (Phi) is 5.64. The minimum Gasteiger partial charge on any atom is -0.376 e. The van der Waals surface area contributed by atoms with Gasteiger partial charge in [-0.2, -0.15) is 0 Å². The molecule has 2 aliphatic rings. The van der Waals surface area contributed by atoms with Gasteiger partial charge in [0.2, 0.25) is 5.91 Å². The molecule has 110 valence electrons. The number of rotatable bonds is 4. The van der Waals surface area contributed by atoms with E-state index in [9.17, 15) is 4.79 Å². The molecule has 0 bridgehead atoms. The largest absolute Gasteiger partial charge is 0.376 e. The van der Waals surface area contributed by atoms with E-state index in [1.54, 1.807) is 0 Å². The van der Waals surface area contributed by atoms with Gasteiger partial charge in [-0.1, -0.05) is 13.3 Å². The maximum Gasteiger partial charge on any atom is 0.225 e. The van der Waals surface area contributed by atoms with E-state index in [2.05, 4.69) is 6.92 Å². The van der Waals surface area contributed by atoms with Crippen molar-refractivity contribution in [2.45, 2.75) is 64.0 Å². The number of likely N-dealkylation sites (tertiary alicyclic amines) is 1. The van der Waals surface area contributed by atoms with Crippen molar-refractivity contribution in [2.75, 3.05) is 19.7 Å². The molecule has 2 N–H and O–H groups in total. The third kappa shape index (κ3) is 4.18. The van der Waals surface area contributed by atoms with Crippen molar-refractivity contribution in [1.82, 2.24) is 4.90 Å². The van der Waals surface area contributed by atoms with Crippen LogP contribution in [0.2, 0.25) is 0 Å². The fraction of sp³-hybridized carbons (Fsp3) is 0.933. The lowest BCUT2D eigenvalue weighted by atomic mass is 9.85. The molecule has 3 atom stereocenters. The van der Waals surface area contributed by atoms with E-state index in [1.165, 1.54) is 0 Å². The molecule has 0 spiro atoms. The molecule has 0 aromatic rings. The highest BCUT2D eigenvalue weighted by molar-refractivity contribution is 5.79. The fourth-order valence-electron chi connectivity index (χ4n) is 3.27. The zero-order chi connectivity index (χ0) is 13.7. The van der Waals surface area contributed by atoms with Crippen molar-refractivity contribution in [3.05, 3.63) is 0 Å². The van der Waals surface area contributed by atoms with Crippen LogP contribution in [0.4, 0.5) is 0 Å². The van der Waals surface area contributed by atoms with Crippen molar-refractivity contribution in [3.63, 3.8) is 0 Å². The molecule has 2 fully saturated rings. The third-order valence-electron chi connectivity index (χ3n) is 4.31. The summed E-state index contributed by atoms with van der Waals surface area (Å²) >= 11 is 0. The normalized spacial score (nSPS) is 32.3. The number of carbonyl (C=O) groups excluding carboxylic acids is 1. The molecule has 2 rings (SSSR count). The smallest absolute Gasteiger partial charge is 0.225 e. The van der Waals surface area contributed by atoms with E-state index < -0.39 is 0 Å². The highest BCUT2D eigenvalue weighted by Gasteiger charge is 2.31. The van der Waals surface area contributed by atoms with E-state index in [0.717, 1.165) is 64.6 Å². The molecule has 4 heteroatoms. The minimum absolute atomic E-state index is 0.161. The fourth-order valence-corrected chi connectivity index (χ4v) is 3.27. The highest BCUT2D eigenvalue weighted by Crippen LogP contribution is 2.26. The molecule has 1 amide bonds. The molecule has 3 unspecified atom stereocenters. The van der Waals surface area contributed by atoms with Crippen molar-refractivity contribution >= 4 is 5.91 Å². The van der Waals surface area contributed by atoms with E-state index in [1.807, 2.05) is 4.90 Å².